The molecule has 2 aromatic heterocycles. The molecular formula is C20H29F2N5O4Si. The van der Waals surface area contributed by atoms with Crippen molar-refractivity contribution in [2.75, 3.05) is 18.9 Å². The predicted octanol–water partition coefficient (Wildman–Crippen LogP) is 2.73. The minimum atomic E-state index is -2.94. The number of imidazole rings is 1. The van der Waals surface area contributed by atoms with Crippen molar-refractivity contribution >= 4 is 25.4 Å². The van der Waals surface area contributed by atoms with Gasteiger partial charge in [-0.1, -0.05) is 26.7 Å². The van der Waals surface area contributed by atoms with Crippen LogP contribution < -0.4 is 10.5 Å². The summed E-state index contributed by atoms with van der Waals surface area (Å²) in [6.07, 6.45) is 2.45. The van der Waals surface area contributed by atoms with E-state index in [1.54, 1.807) is 6.92 Å². The molecule has 4 atom stereocenters. The maximum Gasteiger partial charge on any atom is 0.263 e. The molecule has 12 heteroatoms. The van der Waals surface area contributed by atoms with Crippen molar-refractivity contribution in [2.24, 2.45) is 0 Å². The Bertz CT molecular complexity index is 1050. The van der Waals surface area contributed by atoms with Crippen molar-refractivity contribution in [3.8, 4) is 18.2 Å². The quantitative estimate of drug-likeness (QED) is 0.490. The van der Waals surface area contributed by atoms with Crippen LogP contribution in [0.25, 0.3) is 11.2 Å². The zero-order chi connectivity index (χ0) is 24.1. The maximum absolute atomic E-state index is 15.8. The molecule has 0 aliphatic carbocycles. The van der Waals surface area contributed by atoms with Gasteiger partial charge in [-0.05, 0) is 25.1 Å². The molecule has 0 spiro atoms. The molecule has 3 rings (SSSR count). The van der Waals surface area contributed by atoms with Crippen LogP contribution >= 0.6 is 0 Å². The van der Waals surface area contributed by atoms with Crippen molar-refractivity contribution in [3.05, 3.63) is 6.33 Å². The molecular weight excluding hydrogens is 440 g/mol. The molecule has 0 saturated carbocycles. The summed E-state index contributed by atoms with van der Waals surface area (Å²) < 4.78 is 49.4. The third-order valence-electron chi connectivity index (χ3n) is 6.07. The molecule has 3 heterocycles. The lowest BCUT2D eigenvalue weighted by atomic mass is 9.96. The summed E-state index contributed by atoms with van der Waals surface area (Å²) in [6, 6.07) is 0. The largest absolute Gasteiger partial charge is 0.476 e. The van der Waals surface area contributed by atoms with Gasteiger partial charge in [0.05, 0.1) is 19.5 Å². The van der Waals surface area contributed by atoms with Crippen LogP contribution in [0.5, 0.6) is 5.88 Å². The molecule has 0 aromatic carbocycles. The number of anilines is 1. The number of aromatic nitrogens is 4. The number of hydrogen-bond donors (Lipinski definition) is 2. The minimum absolute atomic E-state index is 0.0185. The predicted molar refractivity (Wildman–Crippen MR) is 117 cm³/mol. The second-order valence-electron chi connectivity index (χ2n) is 9.26. The van der Waals surface area contributed by atoms with Crippen LogP contribution in [-0.4, -0.2) is 63.8 Å². The van der Waals surface area contributed by atoms with Crippen LogP contribution in [0, 0.1) is 12.3 Å². The Morgan fingerprint density at radius 3 is 2.59 bits per heavy atom. The number of alkyl halides is 2. The summed E-state index contributed by atoms with van der Waals surface area (Å²) in [5, 5.41) is 10.4. The van der Waals surface area contributed by atoms with Crippen LogP contribution in [0.3, 0.4) is 0 Å². The fourth-order valence-electron chi connectivity index (χ4n) is 3.12. The Labute approximate surface area is 186 Å². The molecule has 2 aromatic rings. The first-order chi connectivity index (χ1) is 14.7. The normalized spacial score (nSPS) is 28.8. The van der Waals surface area contributed by atoms with Crippen molar-refractivity contribution in [2.45, 2.75) is 69.7 Å². The summed E-state index contributed by atoms with van der Waals surface area (Å²) in [5.41, 5.74) is 2.98. The summed E-state index contributed by atoms with van der Waals surface area (Å²) in [4.78, 5) is 12.1. The summed E-state index contributed by atoms with van der Waals surface area (Å²) in [6.45, 7) is 11.0. The number of hydrogen-bond acceptors (Lipinski definition) is 8. The van der Waals surface area contributed by atoms with E-state index in [1.807, 2.05) is 39.8 Å². The van der Waals surface area contributed by atoms with Crippen LogP contribution in [0.4, 0.5) is 14.7 Å². The maximum atomic E-state index is 15.8. The second-order valence-corrected chi connectivity index (χ2v) is 14.1. The topological polar surface area (TPSA) is 118 Å². The molecule has 9 nitrogen and oxygen atoms in total. The van der Waals surface area contributed by atoms with Gasteiger partial charge in [-0.15, -0.1) is 6.42 Å². The summed E-state index contributed by atoms with van der Waals surface area (Å²) in [5.74, 6) is -1.15. The highest BCUT2D eigenvalue weighted by molar-refractivity contribution is 6.74. The minimum Gasteiger partial charge on any atom is -0.476 e. The lowest BCUT2D eigenvalue weighted by molar-refractivity contribution is -0.203. The Morgan fingerprint density at radius 1 is 1.38 bits per heavy atom. The molecule has 0 radical (unpaired) electrons. The second kappa shape index (κ2) is 7.91. The van der Waals surface area contributed by atoms with E-state index in [-0.39, 0.29) is 34.6 Å². The number of rotatable bonds is 6. The Hall–Kier alpha value is -2.33. The number of nitrogen functional groups attached to an aromatic ring is 1. The van der Waals surface area contributed by atoms with Gasteiger partial charge in [0.15, 0.2) is 31.8 Å². The summed E-state index contributed by atoms with van der Waals surface area (Å²) >= 11 is 0. The average Bonchev–Trinajstić information content (AvgIpc) is 3.19. The fraction of sp³-hybridized carbons (Fsp3) is 0.650. The van der Waals surface area contributed by atoms with Gasteiger partial charge < -0.3 is 24.7 Å². The van der Waals surface area contributed by atoms with E-state index in [1.165, 1.54) is 0 Å². The first-order valence-corrected chi connectivity index (χ1v) is 13.1. The Balaban J connectivity index is 2.02. The van der Waals surface area contributed by atoms with Crippen LogP contribution in [-0.2, 0) is 9.16 Å². The average molecular weight is 470 g/mol. The number of ether oxygens (including phenoxy) is 2. The van der Waals surface area contributed by atoms with Crippen LogP contribution in [0.15, 0.2) is 6.33 Å². The number of halogens is 2. The number of aliphatic hydroxyl groups excluding tert-OH is 1. The van der Waals surface area contributed by atoms with E-state index in [4.69, 9.17) is 26.1 Å². The van der Waals surface area contributed by atoms with E-state index < -0.39 is 38.8 Å². The van der Waals surface area contributed by atoms with Gasteiger partial charge in [0, 0.05) is 0 Å². The highest BCUT2D eigenvalue weighted by atomic mass is 28.4. The first kappa shape index (κ1) is 24.3. The fourth-order valence-corrected chi connectivity index (χ4v) is 4.11. The molecule has 0 unspecified atom stereocenters. The number of nitrogens with two attached hydrogens (primary N) is 1. The van der Waals surface area contributed by atoms with E-state index in [0.717, 1.165) is 10.9 Å². The van der Waals surface area contributed by atoms with Crippen molar-refractivity contribution in [1.82, 2.24) is 19.5 Å². The lowest BCUT2D eigenvalue weighted by Crippen LogP contribution is -2.51. The van der Waals surface area contributed by atoms with E-state index in [0.29, 0.717) is 0 Å². The van der Waals surface area contributed by atoms with Gasteiger partial charge in [-0.25, -0.2) is 13.8 Å². The third-order valence-corrected chi connectivity index (χ3v) is 10.5. The Kier molecular flexibility index (Phi) is 6.01. The molecule has 1 saturated heterocycles. The van der Waals surface area contributed by atoms with Crippen molar-refractivity contribution in [3.63, 3.8) is 0 Å². The van der Waals surface area contributed by atoms with Gasteiger partial charge in [0.1, 0.15) is 0 Å². The highest BCUT2D eigenvalue weighted by Crippen LogP contribution is 2.49. The highest BCUT2D eigenvalue weighted by Gasteiger charge is 2.67. The molecule has 3 N–H and O–H groups in total. The van der Waals surface area contributed by atoms with Gasteiger partial charge >= 0.3 is 0 Å². The van der Waals surface area contributed by atoms with Gasteiger partial charge in [-0.3, -0.25) is 4.57 Å². The van der Waals surface area contributed by atoms with E-state index in [2.05, 4.69) is 15.0 Å². The summed E-state index contributed by atoms with van der Waals surface area (Å²) in [7, 11) is -2.44. The zero-order valence-electron chi connectivity index (χ0n) is 19.0. The van der Waals surface area contributed by atoms with Crippen LogP contribution in [0.2, 0.25) is 18.1 Å². The van der Waals surface area contributed by atoms with Gasteiger partial charge in [0.25, 0.3) is 5.85 Å². The number of aliphatic hydroxyl groups is 1. The van der Waals surface area contributed by atoms with Gasteiger partial charge in [0.2, 0.25) is 17.5 Å². The number of fused-ring (bicyclic) bond motifs is 1. The first-order valence-electron chi connectivity index (χ1n) is 10.2. The Morgan fingerprint density at radius 2 is 2.03 bits per heavy atom. The monoisotopic (exact) mass is 469 g/mol. The third kappa shape index (κ3) is 3.83. The van der Waals surface area contributed by atoms with Crippen molar-refractivity contribution in [1.29, 1.82) is 0 Å². The number of nitrogens with zero attached hydrogens (tertiary/aromatic N) is 4. The molecule has 0 bridgehead atoms. The molecule has 1 aliphatic rings. The van der Waals surface area contributed by atoms with E-state index >= 15 is 8.78 Å². The zero-order valence-corrected chi connectivity index (χ0v) is 20.0. The lowest BCUT2D eigenvalue weighted by Gasteiger charge is -2.38. The molecule has 176 valence electrons. The number of terminal acetylenes is 1. The molecule has 32 heavy (non-hydrogen) atoms. The smallest absolute Gasteiger partial charge is 0.263 e. The SMILES string of the molecule is C#C[C@]1(F)[C@H](n2cnc3c(OCC)nc(N)nc32)O[C@](F)(CO[Si](C)(C)C(C)(C)C)[C@H]1O. The molecule has 1 aliphatic heterocycles. The molecule has 0 amide bonds. The van der Waals surface area contributed by atoms with Gasteiger partial charge in [-0.2, -0.15) is 9.97 Å². The van der Waals surface area contributed by atoms with Crippen molar-refractivity contribution < 1.29 is 27.8 Å². The van der Waals surface area contributed by atoms with Crippen LogP contribution in [0.1, 0.15) is 33.9 Å². The standard InChI is InChI=1S/C20H29F2N5O4Si/c1-8-19(21)15(28)20(22,10-30-32(6,7)18(3,4)5)31-16(19)27-11-24-12-13(27)25-17(23)26-14(12)29-9-2/h1,11,15-16,28H,9-10H2,2-7H3,(H2,23,25,26)/t15-,16+,19+,20+/m0/s1. The van der Waals surface area contributed by atoms with E-state index in [9.17, 15) is 5.11 Å². The molecule has 1 fully saturated rings.